The van der Waals surface area contributed by atoms with Crippen molar-refractivity contribution in [3.63, 3.8) is 0 Å². The van der Waals surface area contributed by atoms with Gasteiger partial charge < -0.3 is 5.73 Å². The lowest BCUT2D eigenvalue weighted by molar-refractivity contribution is -0.223. The average Bonchev–Trinajstić information content (AvgIpc) is 1.90. The summed E-state index contributed by atoms with van der Waals surface area (Å²) in [6.07, 6.45) is -4.04. The summed E-state index contributed by atoms with van der Waals surface area (Å²) in [6, 6.07) is 0. The van der Waals surface area contributed by atoms with Crippen molar-refractivity contribution in [3.05, 3.63) is 0 Å². The second kappa shape index (κ2) is 4.92. The van der Waals surface area contributed by atoms with Gasteiger partial charge in [-0.1, -0.05) is 13.8 Å². The zero-order valence-corrected chi connectivity index (χ0v) is 8.06. The molecule has 0 heterocycles. The summed E-state index contributed by atoms with van der Waals surface area (Å²) in [7, 11) is 0. The van der Waals surface area contributed by atoms with E-state index in [9.17, 15) is 13.2 Å². The Kier molecular flexibility index (Phi) is 5.97. The molecule has 1 nitrogen and oxygen atoms in total. The van der Waals surface area contributed by atoms with E-state index in [-0.39, 0.29) is 31.8 Å². The minimum Gasteiger partial charge on any atom is -0.330 e. The van der Waals surface area contributed by atoms with Crippen LogP contribution in [0.25, 0.3) is 0 Å². The molecule has 76 valence electrons. The van der Waals surface area contributed by atoms with Gasteiger partial charge in [0, 0.05) is 6.54 Å². The summed E-state index contributed by atoms with van der Waals surface area (Å²) in [4.78, 5) is 0. The fraction of sp³-hybridized carbons (Fsp3) is 1.00. The molecule has 0 bridgehead atoms. The van der Waals surface area contributed by atoms with Gasteiger partial charge in [-0.25, -0.2) is 0 Å². The monoisotopic (exact) mass is 205 g/mol. The van der Waals surface area contributed by atoms with Gasteiger partial charge in [0.25, 0.3) is 0 Å². The molecular weight excluding hydrogens is 191 g/mol. The van der Waals surface area contributed by atoms with E-state index in [2.05, 4.69) is 0 Å². The Bertz CT molecular complexity index is 112. The molecule has 0 fully saturated rings. The molecule has 0 spiro atoms. The maximum absolute atomic E-state index is 12.3. The van der Waals surface area contributed by atoms with Crippen LogP contribution in [-0.2, 0) is 0 Å². The number of nitrogens with two attached hydrogens (primary N) is 1. The zero-order valence-electron chi connectivity index (χ0n) is 7.24. The summed E-state index contributed by atoms with van der Waals surface area (Å²) in [5.74, 6) is 0. The van der Waals surface area contributed by atoms with Crippen molar-refractivity contribution in [1.82, 2.24) is 0 Å². The fourth-order valence-corrected chi connectivity index (χ4v) is 1.06. The molecule has 0 saturated heterocycles. The van der Waals surface area contributed by atoms with Gasteiger partial charge in [0.1, 0.15) is 0 Å². The molecule has 0 aliphatic rings. The third kappa shape index (κ3) is 2.52. The summed E-state index contributed by atoms with van der Waals surface area (Å²) < 4.78 is 36.9. The van der Waals surface area contributed by atoms with Crippen LogP contribution in [0.1, 0.15) is 26.7 Å². The molecule has 5 heteroatoms. The molecule has 0 atom stereocenters. The highest BCUT2D eigenvalue weighted by atomic mass is 35.5. The van der Waals surface area contributed by atoms with E-state index in [0.29, 0.717) is 0 Å². The predicted molar refractivity (Wildman–Crippen MR) is 45.4 cm³/mol. The fourth-order valence-electron chi connectivity index (χ4n) is 1.06. The van der Waals surface area contributed by atoms with E-state index in [1.807, 2.05) is 0 Å². The van der Waals surface area contributed by atoms with E-state index >= 15 is 0 Å². The van der Waals surface area contributed by atoms with Gasteiger partial charge in [-0.05, 0) is 12.8 Å². The van der Waals surface area contributed by atoms with E-state index in [1.165, 1.54) is 13.8 Å². The van der Waals surface area contributed by atoms with Crippen molar-refractivity contribution in [2.24, 2.45) is 11.1 Å². The standard InChI is InChI=1S/C7H14F3N.ClH/c1-3-6(4-2,5-11)7(8,9)10;/h3-5,11H2,1-2H3;1H. The van der Waals surface area contributed by atoms with Crippen LogP contribution >= 0.6 is 12.4 Å². The minimum atomic E-state index is -4.16. The lowest BCUT2D eigenvalue weighted by Crippen LogP contribution is -2.43. The summed E-state index contributed by atoms with van der Waals surface area (Å²) in [5, 5.41) is 0. The molecule has 0 aromatic heterocycles. The number of rotatable bonds is 3. The van der Waals surface area contributed by atoms with Crippen LogP contribution in [0.3, 0.4) is 0 Å². The molecule has 0 aromatic rings. The summed E-state index contributed by atoms with van der Waals surface area (Å²) in [6.45, 7) is 2.72. The Morgan fingerprint density at radius 1 is 1.08 bits per heavy atom. The second-order valence-corrected chi connectivity index (χ2v) is 2.69. The maximum atomic E-state index is 12.3. The number of hydrogen-bond donors (Lipinski definition) is 1. The topological polar surface area (TPSA) is 26.0 Å². The first kappa shape index (κ1) is 14.6. The smallest absolute Gasteiger partial charge is 0.330 e. The van der Waals surface area contributed by atoms with E-state index in [0.717, 1.165) is 0 Å². The summed E-state index contributed by atoms with van der Waals surface area (Å²) >= 11 is 0. The molecule has 0 aromatic carbocycles. The molecule has 0 saturated carbocycles. The van der Waals surface area contributed by atoms with Crippen molar-refractivity contribution in [2.45, 2.75) is 32.9 Å². The van der Waals surface area contributed by atoms with Crippen LogP contribution in [0.2, 0.25) is 0 Å². The van der Waals surface area contributed by atoms with Crippen LogP contribution in [0.5, 0.6) is 0 Å². The van der Waals surface area contributed by atoms with E-state index in [1.54, 1.807) is 0 Å². The lowest BCUT2D eigenvalue weighted by atomic mass is 9.82. The predicted octanol–water partition coefficient (Wildman–Crippen LogP) is 2.74. The Hall–Kier alpha value is 0.0400. The quantitative estimate of drug-likeness (QED) is 0.754. The van der Waals surface area contributed by atoms with Crippen molar-refractivity contribution in [1.29, 1.82) is 0 Å². The van der Waals surface area contributed by atoms with Crippen LogP contribution in [0.15, 0.2) is 0 Å². The van der Waals surface area contributed by atoms with Crippen molar-refractivity contribution in [3.8, 4) is 0 Å². The highest BCUT2D eigenvalue weighted by Crippen LogP contribution is 2.42. The molecule has 0 amide bonds. The van der Waals surface area contributed by atoms with E-state index < -0.39 is 11.6 Å². The van der Waals surface area contributed by atoms with Gasteiger partial charge in [-0.3, -0.25) is 0 Å². The molecule has 0 aliphatic heterocycles. The van der Waals surface area contributed by atoms with Gasteiger partial charge in [0.15, 0.2) is 0 Å². The molecule has 0 unspecified atom stereocenters. The zero-order chi connectivity index (χ0) is 9.12. The molecule has 0 rings (SSSR count). The normalized spacial score (nSPS) is 12.5. The van der Waals surface area contributed by atoms with Crippen LogP contribution < -0.4 is 5.73 Å². The Morgan fingerprint density at radius 3 is 1.42 bits per heavy atom. The Balaban J connectivity index is 0. The number of alkyl halides is 3. The number of halogens is 4. The molecule has 2 N–H and O–H groups in total. The van der Waals surface area contributed by atoms with Crippen molar-refractivity contribution >= 4 is 12.4 Å². The molecule has 0 aliphatic carbocycles. The molecular formula is C7H15ClF3N. The average molecular weight is 206 g/mol. The largest absolute Gasteiger partial charge is 0.395 e. The Labute approximate surface area is 76.9 Å². The second-order valence-electron chi connectivity index (χ2n) is 2.69. The minimum absolute atomic E-state index is 0. The highest BCUT2D eigenvalue weighted by Gasteiger charge is 2.50. The lowest BCUT2D eigenvalue weighted by Gasteiger charge is -2.32. The SMILES string of the molecule is CCC(CC)(CN)C(F)(F)F.Cl. The van der Waals surface area contributed by atoms with Gasteiger partial charge in [-0.2, -0.15) is 13.2 Å². The van der Waals surface area contributed by atoms with Gasteiger partial charge in [0.2, 0.25) is 0 Å². The van der Waals surface area contributed by atoms with Crippen LogP contribution in [0, 0.1) is 5.41 Å². The van der Waals surface area contributed by atoms with Crippen molar-refractivity contribution < 1.29 is 13.2 Å². The molecule has 0 radical (unpaired) electrons. The third-order valence-electron chi connectivity index (χ3n) is 2.35. The highest BCUT2D eigenvalue weighted by molar-refractivity contribution is 5.85. The number of hydrogen-bond acceptors (Lipinski definition) is 1. The van der Waals surface area contributed by atoms with Crippen LogP contribution in [-0.4, -0.2) is 12.7 Å². The summed E-state index contributed by atoms with van der Waals surface area (Å²) in [5.41, 5.74) is 3.44. The maximum Gasteiger partial charge on any atom is 0.395 e. The third-order valence-corrected chi connectivity index (χ3v) is 2.35. The van der Waals surface area contributed by atoms with Crippen molar-refractivity contribution in [2.75, 3.05) is 6.54 Å². The first-order chi connectivity index (χ1) is 4.93. The molecule has 12 heavy (non-hydrogen) atoms. The van der Waals surface area contributed by atoms with Gasteiger partial charge in [0.05, 0.1) is 5.41 Å². The van der Waals surface area contributed by atoms with Crippen LogP contribution in [0.4, 0.5) is 13.2 Å². The van der Waals surface area contributed by atoms with Gasteiger partial charge in [-0.15, -0.1) is 12.4 Å². The first-order valence-corrected chi connectivity index (χ1v) is 3.70. The van der Waals surface area contributed by atoms with E-state index in [4.69, 9.17) is 5.73 Å². The first-order valence-electron chi connectivity index (χ1n) is 3.70. The Morgan fingerprint density at radius 2 is 1.42 bits per heavy atom. The van der Waals surface area contributed by atoms with Gasteiger partial charge >= 0.3 is 6.18 Å².